The molecule has 0 aliphatic heterocycles. The largest absolute Gasteiger partial charge is 0.510 e. The summed E-state index contributed by atoms with van der Waals surface area (Å²) >= 11 is 6.36. The number of nitrogens with two attached hydrogens (primary N) is 1. The Bertz CT molecular complexity index is 1360. The van der Waals surface area contributed by atoms with Gasteiger partial charge < -0.3 is 36.8 Å². The summed E-state index contributed by atoms with van der Waals surface area (Å²) in [5.41, 5.74) is 1.35. The number of benzene rings is 1. The molecular formula is C26H33Cl3N4O8. The van der Waals surface area contributed by atoms with Crippen LogP contribution in [0.2, 0.25) is 5.02 Å². The highest BCUT2D eigenvalue weighted by Gasteiger charge is 2.63. The van der Waals surface area contributed by atoms with E-state index in [-0.39, 0.29) is 66.0 Å². The molecule has 2 unspecified atom stereocenters. The number of phenolic OH excluding ortho intramolecular Hbond substituents is 1. The van der Waals surface area contributed by atoms with Crippen LogP contribution in [0.3, 0.4) is 0 Å². The van der Waals surface area contributed by atoms with Gasteiger partial charge in [0, 0.05) is 11.5 Å². The molecule has 0 saturated carbocycles. The first-order chi connectivity index (χ1) is 18.3. The van der Waals surface area contributed by atoms with Gasteiger partial charge >= 0.3 is 0 Å². The van der Waals surface area contributed by atoms with Crippen molar-refractivity contribution in [2.75, 3.05) is 32.5 Å². The van der Waals surface area contributed by atoms with Crippen LogP contribution < -0.4 is 16.4 Å². The molecule has 3 aliphatic carbocycles. The second-order valence-corrected chi connectivity index (χ2v) is 10.7. The van der Waals surface area contributed by atoms with Crippen molar-refractivity contribution in [1.29, 1.82) is 0 Å². The predicted octanol–water partition coefficient (Wildman–Crippen LogP) is 1.56. The minimum absolute atomic E-state index is 0. The molecular weight excluding hydrogens is 603 g/mol. The molecule has 1 aromatic carbocycles. The van der Waals surface area contributed by atoms with E-state index in [1.165, 1.54) is 11.0 Å². The van der Waals surface area contributed by atoms with Crippen LogP contribution in [0.15, 0.2) is 28.7 Å². The molecule has 0 spiro atoms. The van der Waals surface area contributed by atoms with E-state index >= 15 is 0 Å². The minimum Gasteiger partial charge on any atom is -0.510 e. The first-order valence-corrected chi connectivity index (χ1v) is 12.8. The van der Waals surface area contributed by atoms with E-state index in [1.54, 1.807) is 14.1 Å². The number of aliphatic hydroxyl groups excluding tert-OH is 2. The number of fused-ring (bicyclic) bond motifs is 3. The van der Waals surface area contributed by atoms with Crippen LogP contribution in [0, 0.1) is 11.8 Å². The van der Waals surface area contributed by atoms with E-state index in [1.807, 2.05) is 6.92 Å². The van der Waals surface area contributed by atoms with Gasteiger partial charge in [0.25, 0.3) is 5.91 Å². The number of aliphatic hydroxyl groups is 3. The van der Waals surface area contributed by atoms with Crippen molar-refractivity contribution in [3.63, 3.8) is 0 Å². The zero-order valence-corrected chi connectivity index (χ0v) is 24.9. The predicted molar refractivity (Wildman–Crippen MR) is 155 cm³/mol. The molecule has 2 amide bonds. The van der Waals surface area contributed by atoms with Crippen LogP contribution in [0.25, 0.3) is 0 Å². The number of halogens is 3. The van der Waals surface area contributed by atoms with Crippen LogP contribution in [0.1, 0.15) is 35.7 Å². The van der Waals surface area contributed by atoms with Crippen molar-refractivity contribution in [3.05, 3.63) is 44.9 Å². The molecule has 0 bridgehead atoms. The van der Waals surface area contributed by atoms with E-state index < -0.39 is 69.7 Å². The number of nitrogens with one attached hydrogen (secondary N) is 2. The maximum absolute atomic E-state index is 13.7. The van der Waals surface area contributed by atoms with Crippen LogP contribution >= 0.6 is 36.4 Å². The van der Waals surface area contributed by atoms with Gasteiger partial charge in [-0.3, -0.25) is 24.1 Å². The lowest BCUT2D eigenvalue weighted by Gasteiger charge is -2.50. The fourth-order valence-electron chi connectivity index (χ4n) is 5.95. The number of phenols is 1. The average molecular weight is 636 g/mol. The smallest absolute Gasteiger partial charge is 0.255 e. The van der Waals surface area contributed by atoms with Crippen LogP contribution in [0.4, 0.5) is 5.69 Å². The highest BCUT2D eigenvalue weighted by Crippen LogP contribution is 2.53. The first-order valence-electron chi connectivity index (χ1n) is 12.5. The summed E-state index contributed by atoms with van der Waals surface area (Å²) in [6.45, 7) is 2.46. The number of rotatable bonds is 7. The number of aromatic hydroxyl groups is 1. The lowest BCUT2D eigenvalue weighted by atomic mass is 9.58. The molecule has 41 heavy (non-hydrogen) atoms. The molecule has 0 saturated heterocycles. The second kappa shape index (κ2) is 12.6. The molecule has 1 aromatic rings. The van der Waals surface area contributed by atoms with Gasteiger partial charge in [0.15, 0.2) is 17.1 Å². The fraction of sp³-hybridized carbons (Fsp3) is 0.462. The summed E-state index contributed by atoms with van der Waals surface area (Å²) < 4.78 is 0. The SMILES string of the molecule is CCCNCC(=O)Nc1c(Cl)cc2c(c1O)C(=O)C1=C(O)[C@]3(O)C(=O)C(C(N)=O)=C(O)[C@@H](N(C)C)C3CC1C2.Cl.Cl. The van der Waals surface area contributed by atoms with Gasteiger partial charge in [0.1, 0.15) is 22.8 Å². The van der Waals surface area contributed by atoms with Crippen molar-refractivity contribution in [3.8, 4) is 5.75 Å². The molecule has 12 nitrogen and oxygen atoms in total. The number of Topliss-reactive ketones (excluding diaryl/α,β-unsaturated/α-hetero) is 2. The van der Waals surface area contributed by atoms with Gasteiger partial charge in [-0.1, -0.05) is 18.5 Å². The number of hydrogen-bond donors (Lipinski definition) is 7. The summed E-state index contributed by atoms with van der Waals surface area (Å²) in [4.78, 5) is 52.9. The van der Waals surface area contributed by atoms with Crippen molar-refractivity contribution >= 4 is 65.5 Å². The third kappa shape index (κ3) is 5.40. The monoisotopic (exact) mass is 634 g/mol. The standard InChI is InChI=1S/C26H31ClN4O8.2ClH/c1-4-5-29-9-14(32)30-18-13(27)8-11-6-10-7-12-19(31(2)3)22(35)17(25(28)38)24(37)26(12,39)23(36)16(10)20(33)15(11)21(18)34;;/h8,10,12,19,29,34-36,39H,4-7,9H2,1-3H3,(H2,28,38)(H,30,32);2*1H/t10?,12?,19-,26-;;/m0../s1. The van der Waals surface area contributed by atoms with Crippen molar-refractivity contribution in [2.45, 2.75) is 37.8 Å². The Morgan fingerprint density at radius 1 is 1.20 bits per heavy atom. The van der Waals surface area contributed by atoms with Crippen LogP contribution in [-0.2, 0) is 20.8 Å². The molecule has 4 rings (SSSR count). The lowest BCUT2D eigenvalue weighted by Crippen LogP contribution is -2.63. The summed E-state index contributed by atoms with van der Waals surface area (Å²) in [6, 6.07) is 0.363. The number of allylic oxidation sites excluding steroid dienone is 1. The Balaban J connectivity index is 0.00000294. The molecule has 15 heteroatoms. The molecule has 3 aliphatic rings. The number of anilines is 1. The molecule has 8 N–H and O–H groups in total. The number of carbonyl (C=O) groups is 4. The zero-order chi connectivity index (χ0) is 29.0. The maximum atomic E-state index is 13.7. The Labute approximate surface area is 253 Å². The van der Waals surface area contributed by atoms with Gasteiger partial charge in [-0.05, 0) is 57.5 Å². The summed E-state index contributed by atoms with van der Waals surface area (Å²) in [6.07, 6.45) is 0.855. The van der Waals surface area contributed by atoms with Crippen LogP contribution in [0.5, 0.6) is 5.75 Å². The number of carbonyl (C=O) groups excluding carboxylic acids is 4. The van der Waals surface area contributed by atoms with E-state index in [2.05, 4.69) is 10.6 Å². The number of ketones is 2. The quantitative estimate of drug-likeness (QED) is 0.131. The van der Waals surface area contributed by atoms with Gasteiger partial charge in [-0.2, -0.15) is 0 Å². The topological polar surface area (TPSA) is 203 Å². The number of nitrogens with zero attached hydrogens (tertiary/aromatic N) is 1. The molecule has 0 aromatic heterocycles. The lowest BCUT2D eigenvalue weighted by molar-refractivity contribution is -0.148. The zero-order valence-electron chi connectivity index (χ0n) is 22.5. The maximum Gasteiger partial charge on any atom is 0.255 e. The van der Waals surface area contributed by atoms with Gasteiger partial charge in [-0.15, -0.1) is 24.8 Å². The highest BCUT2D eigenvalue weighted by atomic mass is 35.5. The Morgan fingerprint density at radius 3 is 2.39 bits per heavy atom. The highest BCUT2D eigenvalue weighted by molar-refractivity contribution is 6.35. The van der Waals surface area contributed by atoms with Gasteiger partial charge in [0.2, 0.25) is 11.7 Å². The first kappa shape index (κ1) is 34.3. The molecule has 0 heterocycles. The van der Waals surface area contributed by atoms with Gasteiger partial charge in [-0.25, -0.2) is 0 Å². The molecule has 4 atom stereocenters. The van der Waals surface area contributed by atoms with Crippen LogP contribution in [-0.4, -0.2) is 87.5 Å². The third-order valence-corrected chi connectivity index (χ3v) is 7.94. The third-order valence-electron chi connectivity index (χ3n) is 7.64. The second-order valence-electron chi connectivity index (χ2n) is 10.3. The summed E-state index contributed by atoms with van der Waals surface area (Å²) in [5, 5.41) is 50.1. The van der Waals surface area contributed by atoms with E-state index in [9.17, 15) is 39.6 Å². The average Bonchev–Trinajstić information content (AvgIpc) is 2.83. The Morgan fingerprint density at radius 2 is 1.83 bits per heavy atom. The van der Waals surface area contributed by atoms with Crippen molar-refractivity contribution < 1.29 is 39.6 Å². The summed E-state index contributed by atoms with van der Waals surface area (Å²) in [7, 11) is 3.11. The number of likely N-dealkylation sites (N-methyl/N-ethyl adjacent to an activating group) is 1. The Kier molecular flexibility index (Phi) is 10.5. The van der Waals surface area contributed by atoms with Crippen molar-refractivity contribution in [2.24, 2.45) is 17.6 Å². The van der Waals surface area contributed by atoms with Gasteiger partial charge in [0.05, 0.1) is 23.2 Å². The normalized spacial score (nSPS) is 25.1. The number of primary amides is 1. The molecule has 0 radical (unpaired) electrons. The molecule has 226 valence electrons. The van der Waals surface area contributed by atoms with E-state index in [0.29, 0.717) is 12.1 Å². The Hall–Kier alpha value is -2.87. The number of hydrogen-bond acceptors (Lipinski definition) is 10. The fourth-order valence-corrected chi connectivity index (χ4v) is 6.22. The van der Waals surface area contributed by atoms with E-state index in [0.717, 1.165) is 6.42 Å². The van der Waals surface area contributed by atoms with Crippen molar-refractivity contribution in [1.82, 2.24) is 10.2 Å². The number of amides is 2. The minimum atomic E-state index is -2.73. The summed E-state index contributed by atoms with van der Waals surface area (Å²) in [5.74, 6) is -8.04. The molecule has 0 fully saturated rings. The van der Waals surface area contributed by atoms with E-state index in [4.69, 9.17) is 17.3 Å².